The zero-order chi connectivity index (χ0) is 26.0. The van der Waals surface area contributed by atoms with E-state index in [2.05, 4.69) is 30.9 Å². The van der Waals surface area contributed by atoms with Crippen LogP contribution in [-0.4, -0.2) is 22.7 Å². The van der Waals surface area contributed by atoms with Crippen molar-refractivity contribution in [3.63, 3.8) is 0 Å². The molecule has 7 heteroatoms. The first kappa shape index (κ1) is 27.0. The molecule has 0 fully saturated rings. The highest BCUT2D eigenvalue weighted by Gasteiger charge is 2.30. The van der Waals surface area contributed by atoms with Crippen molar-refractivity contribution < 1.29 is 27.9 Å². The molecule has 3 aromatic rings. The number of halogens is 3. The molecule has 1 N–H and O–H groups in total. The van der Waals surface area contributed by atoms with Crippen LogP contribution in [0.25, 0.3) is 0 Å². The Labute approximate surface area is 209 Å². The lowest BCUT2D eigenvalue weighted by Crippen LogP contribution is -2.26. The van der Waals surface area contributed by atoms with Crippen molar-refractivity contribution in [1.82, 2.24) is 5.06 Å². The van der Waals surface area contributed by atoms with Crippen LogP contribution in [0.15, 0.2) is 72.8 Å². The Morgan fingerprint density at radius 2 is 1.31 bits per heavy atom. The van der Waals surface area contributed by atoms with E-state index in [4.69, 9.17) is 9.94 Å². The number of aryl methyl sites for hydroxylation is 1. The first-order valence-electron chi connectivity index (χ1n) is 11.7. The van der Waals surface area contributed by atoms with E-state index in [1.54, 1.807) is 0 Å². The van der Waals surface area contributed by atoms with Gasteiger partial charge in [-0.15, -0.1) is 0 Å². The SMILES string of the molecule is CCCCc1ccc(C#Cc2ccc(CN(Cc3ccc(C(F)(F)F)cc3)OCC(=O)O)cc2)cc1. The number of rotatable bonds is 10. The van der Waals surface area contributed by atoms with Crippen LogP contribution in [-0.2, 0) is 35.3 Å². The predicted molar refractivity (Wildman–Crippen MR) is 132 cm³/mol. The van der Waals surface area contributed by atoms with Gasteiger partial charge in [0.2, 0.25) is 0 Å². The number of aliphatic carboxylic acids is 1. The molecular weight excluding hydrogens is 467 g/mol. The Kier molecular flexibility index (Phi) is 9.69. The van der Waals surface area contributed by atoms with E-state index in [1.807, 2.05) is 36.4 Å². The van der Waals surface area contributed by atoms with Crippen LogP contribution < -0.4 is 0 Å². The molecule has 0 aliphatic carbocycles. The van der Waals surface area contributed by atoms with E-state index in [0.29, 0.717) is 5.56 Å². The van der Waals surface area contributed by atoms with Gasteiger partial charge in [0.1, 0.15) is 0 Å². The minimum absolute atomic E-state index is 0.126. The molecular formula is C29H28F3NO3. The number of hydroxylamine groups is 2. The monoisotopic (exact) mass is 495 g/mol. The van der Waals surface area contributed by atoms with E-state index >= 15 is 0 Å². The van der Waals surface area contributed by atoms with Gasteiger partial charge in [0.05, 0.1) is 5.56 Å². The Morgan fingerprint density at radius 3 is 1.75 bits per heavy atom. The van der Waals surface area contributed by atoms with Gasteiger partial charge in [0.15, 0.2) is 6.61 Å². The molecule has 3 aromatic carbocycles. The van der Waals surface area contributed by atoms with Crippen molar-refractivity contribution in [3.05, 3.63) is 106 Å². The van der Waals surface area contributed by atoms with Crippen LogP contribution in [0.2, 0.25) is 0 Å². The molecule has 0 amide bonds. The number of unbranched alkanes of at least 4 members (excludes halogenated alkanes) is 1. The third kappa shape index (κ3) is 8.88. The highest BCUT2D eigenvalue weighted by Crippen LogP contribution is 2.29. The fraction of sp³-hybridized carbons (Fsp3) is 0.276. The molecule has 0 unspecified atom stereocenters. The third-order valence-electron chi connectivity index (χ3n) is 5.45. The number of alkyl halides is 3. The summed E-state index contributed by atoms with van der Waals surface area (Å²) in [4.78, 5) is 16.3. The molecule has 0 spiro atoms. The zero-order valence-electron chi connectivity index (χ0n) is 20.0. The van der Waals surface area contributed by atoms with Crippen molar-refractivity contribution in [2.24, 2.45) is 0 Å². The molecule has 0 aliphatic heterocycles. The molecule has 3 rings (SSSR count). The molecule has 0 saturated carbocycles. The predicted octanol–water partition coefficient (Wildman–Crippen LogP) is 6.47. The van der Waals surface area contributed by atoms with E-state index in [-0.39, 0.29) is 13.1 Å². The number of nitrogens with zero attached hydrogens (tertiary/aromatic N) is 1. The Hall–Kier alpha value is -3.60. The first-order valence-corrected chi connectivity index (χ1v) is 11.7. The number of carboxylic acid groups (broad SMARTS) is 1. The van der Waals surface area contributed by atoms with E-state index < -0.39 is 24.3 Å². The quantitative estimate of drug-likeness (QED) is 0.259. The Morgan fingerprint density at radius 1 is 0.833 bits per heavy atom. The zero-order valence-corrected chi connectivity index (χ0v) is 20.0. The Bertz CT molecular complexity index is 1180. The summed E-state index contributed by atoms with van der Waals surface area (Å²) in [6, 6.07) is 20.4. The number of hydrogen-bond donors (Lipinski definition) is 1. The molecule has 0 bridgehead atoms. The van der Waals surface area contributed by atoms with Gasteiger partial charge < -0.3 is 5.11 Å². The average molecular weight is 496 g/mol. The van der Waals surface area contributed by atoms with Crippen LogP contribution in [0.5, 0.6) is 0 Å². The minimum Gasteiger partial charge on any atom is -0.479 e. The van der Waals surface area contributed by atoms with Gasteiger partial charge in [-0.1, -0.05) is 61.6 Å². The van der Waals surface area contributed by atoms with Gasteiger partial charge in [0.25, 0.3) is 0 Å². The summed E-state index contributed by atoms with van der Waals surface area (Å²) in [6.07, 6.45) is -1.02. The lowest BCUT2D eigenvalue weighted by molar-refractivity contribution is -0.190. The van der Waals surface area contributed by atoms with Gasteiger partial charge in [-0.2, -0.15) is 18.2 Å². The summed E-state index contributed by atoms with van der Waals surface area (Å²) in [5, 5.41) is 10.4. The minimum atomic E-state index is -4.42. The number of benzene rings is 3. The summed E-state index contributed by atoms with van der Waals surface area (Å²) < 4.78 is 38.4. The van der Waals surface area contributed by atoms with Gasteiger partial charge in [-0.25, -0.2) is 4.79 Å². The highest BCUT2D eigenvalue weighted by atomic mass is 19.4. The fourth-order valence-electron chi connectivity index (χ4n) is 3.47. The second kappa shape index (κ2) is 12.9. The van der Waals surface area contributed by atoms with Gasteiger partial charge in [0, 0.05) is 24.2 Å². The Balaban J connectivity index is 1.64. The lowest BCUT2D eigenvalue weighted by atomic mass is 10.1. The van der Waals surface area contributed by atoms with Crippen molar-refractivity contribution >= 4 is 5.97 Å². The molecule has 188 valence electrons. The smallest absolute Gasteiger partial charge is 0.416 e. The standard InChI is InChI=1S/C29H28F3NO3/c1-2-3-4-22-5-7-23(8-6-22)9-10-24-11-13-25(14-12-24)19-33(36-21-28(34)35)20-26-15-17-27(18-16-26)29(30,31)32/h5-8,11-18H,2-4,19-21H2,1H3,(H,34,35). The summed E-state index contributed by atoms with van der Waals surface area (Å²) >= 11 is 0. The molecule has 0 aliphatic rings. The van der Waals surface area contributed by atoms with Gasteiger partial charge in [-0.05, 0) is 65.9 Å². The second-order valence-corrected chi connectivity index (χ2v) is 8.41. The molecule has 0 radical (unpaired) electrons. The van der Waals surface area contributed by atoms with E-state index in [1.165, 1.54) is 29.2 Å². The van der Waals surface area contributed by atoms with Crippen LogP contribution >= 0.6 is 0 Å². The number of carbonyl (C=O) groups is 1. The van der Waals surface area contributed by atoms with Crippen LogP contribution in [0, 0.1) is 11.8 Å². The molecule has 0 atom stereocenters. The highest BCUT2D eigenvalue weighted by molar-refractivity contribution is 5.67. The average Bonchev–Trinajstić information content (AvgIpc) is 2.86. The van der Waals surface area contributed by atoms with Crippen molar-refractivity contribution in [2.45, 2.75) is 45.5 Å². The van der Waals surface area contributed by atoms with E-state index in [9.17, 15) is 18.0 Å². The fourth-order valence-corrected chi connectivity index (χ4v) is 3.47. The van der Waals surface area contributed by atoms with Crippen molar-refractivity contribution in [1.29, 1.82) is 0 Å². The molecule has 0 saturated heterocycles. The molecule has 4 nitrogen and oxygen atoms in total. The maximum absolute atomic E-state index is 12.8. The summed E-state index contributed by atoms with van der Waals surface area (Å²) in [5.74, 6) is 5.15. The topological polar surface area (TPSA) is 49.8 Å². The molecule has 0 aromatic heterocycles. The number of hydrogen-bond acceptors (Lipinski definition) is 3. The summed E-state index contributed by atoms with van der Waals surface area (Å²) in [7, 11) is 0. The van der Waals surface area contributed by atoms with Gasteiger partial charge >= 0.3 is 12.1 Å². The van der Waals surface area contributed by atoms with Crippen molar-refractivity contribution in [3.8, 4) is 11.8 Å². The third-order valence-corrected chi connectivity index (χ3v) is 5.45. The molecule has 0 heterocycles. The molecule has 36 heavy (non-hydrogen) atoms. The van der Waals surface area contributed by atoms with Gasteiger partial charge in [-0.3, -0.25) is 4.84 Å². The normalized spacial score (nSPS) is 11.2. The van der Waals surface area contributed by atoms with Crippen LogP contribution in [0.4, 0.5) is 13.2 Å². The maximum atomic E-state index is 12.8. The van der Waals surface area contributed by atoms with Crippen LogP contribution in [0.3, 0.4) is 0 Å². The van der Waals surface area contributed by atoms with Crippen LogP contribution in [0.1, 0.15) is 53.1 Å². The maximum Gasteiger partial charge on any atom is 0.416 e. The second-order valence-electron chi connectivity index (χ2n) is 8.41. The van der Waals surface area contributed by atoms with E-state index in [0.717, 1.165) is 41.7 Å². The largest absolute Gasteiger partial charge is 0.479 e. The first-order chi connectivity index (χ1) is 17.2. The lowest BCUT2D eigenvalue weighted by Gasteiger charge is -2.21. The van der Waals surface area contributed by atoms with Crippen molar-refractivity contribution in [2.75, 3.05) is 6.61 Å². The summed E-state index contributed by atoms with van der Waals surface area (Å²) in [6.45, 7) is 1.99. The number of carboxylic acids is 1. The summed E-state index contributed by atoms with van der Waals surface area (Å²) in [5.41, 5.74) is 3.74.